The molecule has 3 nitrogen and oxygen atoms in total. The summed E-state index contributed by atoms with van der Waals surface area (Å²) in [5, 5.41) is 0. The third kappa shape index (κ3) is 4.79. The number of hydrogen-bond acceptors (Lipinski definition) is 2. The molecule has 0 saturated heterocycles. The third-order valence-electron chi connectivity index (χ3n) is 2.34. The van der Waals surface area contributed by atoms with E-state index in [4.69, 9.17) is 0 Å². The van der Waals surface area contributed by atoms with Gasteiger partial charge in [0.2, 0.25) is 10.0 Å². The Kier molecular flexibility index (Phi) is 5.02. The molecule has 96 valence electrons. The number of rotatable bonds is 6. The quantitative estimate of drug-likeness (QED) is 0.796. The van der Waals surface area contributed by atoms with E-state index in [1.807, 2.05) is 0 Å². The smallest absolute Gasteiger partial charge is 0.211 e. The summed E-state index contributed by atoms with van der Waals surface area (Å²) in [6.45, 7) is 1.80. The zero-order valence-electron chi connectivity index (χ0n) is 9.54. The molecule has 0 aromatic heterocycles. The van der Waals surface area contributed by atoms with Crippen LogP contribution in [-0.2, 0) is 16.4 Å². The lowest BCUT2D eigenvalue weighted by molar-refractivity contribution is 0.566. The van der Waals surface area contributed by atoms with Crippen LogP contribution in [0.15, 0.2) is 18.2 Å². The fourth-order valence-electron chi connectivity index (χ4n) is 1.33. The van der Waals surface area contributed by atoms with Crippen molar-refractivity contribution in [3.63, 3.8) is 0 Å². The van der Waals surface area contributed by atoms with Gasteiger partial charge >= 0.3 is 0 Å². The number of hydrogen-bond donors (Lipinski definition) is 1. The summed E-state index contributed by atoms with van der Waals surface area (Å²) >= 11 is 0. The molecule has 0 spiro atoms. The number of aryl methyl sites for hydroxylation is 1. The fraction of sp³-hybridized carbons (Fsp3) is 0.455. The summed E-state index contributed by atoms with van der Waals surface area (Å²) in [6.07, 6.45) is 0.847. The maximum Gasteiger partial charge on any atom is 0.211 e. The Morgan fingerprint density at radius 3 is 2.59 bits per heavy atom. The van der Waals surface area contributed by atoms with E-state index in [1.54, 1.807) is 6.92 Å². The molecule has 1 aromatic rings. The molecule has 6 heteroatoms. The first kappa shape index (κ1) is 14.1. The van der Waals surface area contributed by atoms with Crippen molar-refractivity contribution in [1.82, 2.24) is 4.72 Å². The molecule has 0 bridgehead atoms. The van der Waals surface area contributed by atoms with Crippen molar-refractivity contribution in [3.8, 4) is 0 Å². The molecule has 0 atom stereocenters. The molecule has 0 heterocycles. The predicted octanol–water partition coefficient (Wildman–Crippen LogP) is 1.84. The second-order valence-corrected chi connectivity index (χ2v) is 5.73. The van der Waals surface area contributed by atoms with Crippen molar-refractivity contribution in [2.45, 2.75) is 19.8 Å². The Morgan fingerprint density at radius 1 is 1.29 bits per heavy atom. The Labute approximate surface area is 99.9 Å². The van der Waals surface area contributed by atoms with E-state index in [1.165, 1.54) is 12.1 Å². The van der Waals surface area contributed by atoms with Crippen LogP contribution >= 0.6 is 0 Å². The zero-order valence-corrected chi connectivity index (χ0v) is 10.4. The van der Waals surface area contributed by atoms with Crippen LogP contribution in [0.4, 0.5) is 8.78 Å². The number of nitrogens with one attached hydrogen (secondary N) is 1. The second-order valence-electron chi connectivity index (χ2n) is 3.64. The van der Waals surface area contributed by atoms with Crippen LogP contribution in [0.25, 0.3) is 0 Å². The summed E-state index contributed by atoms with van der Waals surface area (Å²) < 4.78 is 50.4. The van der Waals surface area contributed by atoms with Gasteiger partial charge in [-0.15, -0.1) is 0 Å². The average molecular weight is 263 g/mol. The lowest BCUT2D eigenvalue weighted by Crippen LogP contribution is -2.26. The van der Waals surface area contributed by atoms with Crippen molar-refractivity contribution in [2.24, 2.45) is 0 Å². The van der Waals surface area contributed by atoms with Crippen molar-refractivity contribution in [1.29, 1.82) is 0 Å². The highest BCUT2D eigenvalue weighted by Gasteiger charge is 2.06. The van der Waals surface area contributed by atoms with Crippen molar-refractivity contribution >= 4 is 10.0 Å². The van der Waals surface area contributed by atoms with Gasteiger partial charge in [-0.1, -0.05) is 6.07 Å². The van der Waals surface area contributed by atoms with E-state index in [2.05, 4.69) is 4.72 Å². The number of benzene rings is 1. The fourth-order valence-corrected chi connectivity index (χ4v) is 1.99. The van der Waals surface area contributed by atoms with Gasteiger partial charge in [0.05, 0.1) is 5.75 Å². The van der Waals surface area contributed by atoms with Gasteiger partial charge in [0.15, 0.2) is 0 Å². The molecule has 0 aliphatic rings. The zero-order chi connectivity index (χ0) is 12.9. The summed E-state index contributed by atoms with van der Waals surface area (Å²) in [6, 6.07) is 3.39. The standard InChI is InChI=1S/C11H15F2NO2S/c1-2-17(15,16)14-7-3-4-9-5-6-10(12)8-11(9)13/h5-6,8,14H,2-4,7H2,1H3. The Bertz CT molecular complexity index is 474. The summed E-state index contributed by atoms with van der Waals surface area (Å²) in [5.74, 6) is -1.18. The van der Waals surface area contributed by atoms with Crippen LogP contribution in [0.3, 0.4) is 0 Å². The van der Waals surface area contributed by atoms with Crippen molar-refractivity contribution in [2.75, 3.05) is 12.3 Å². The van der Waals surface area contributed by atoms with Crippen LogP contribution in [0.5, 0.6) is 0 Å². The topological polar surface area (TPSA) is 46.2 Å². The second kappa shape index (κ2) is 6.07. The van der Waals surface area contributed by atoms with Gasteiger partial charge in [0, 0.05) is 12.6 Å². The number of halogens is 2. The first-order valence-corrected chi connectivity index (χ1v) is 7.01. The molecule has 1 rings (SSSR count). The van der Waals surface area contributed by atoms with Crippen LogP contribution < -0.4 is 4.72 Å². The summed E-state index contributed by atoms with van der Waals surface area (Å²) in [4.78, 5) is 0. The highest BCUT2D eigenvalue weighted by molar-refractivity contribution is 7.89. The van der Waals surface area contributed by atoms with Gasteiger partial charge in [0.1, 0.15) is 11.6 Å². The van der Waals surface area contributed by atoms with E-state index in [0.717, 1.165) is 6.07 Å². The van der Waals surface area contributed by atoms with Gasteiger partial charge < -0.3 is 0 Å². The van der Waals surface area contributed by atoms with Gasteiger partial charge in [-0.2, -0.15) is 0 Å². The predicted molar refractivity (Wildman–Crippen MR) is 62.1 cm³/mol. The molecule has 0 aliphatic carbocycles. The van der Waals surface area contributed by atoms with Gasteiger partial charge in [-0.05, 0) is 31.4 Å². The molecule has 1 aromatic carbocycles. The Hall–Kier alpha value is -1.01. The molecule has 17 heavy (non-hydrogen) atoms. The Balaban J connectivity index is 2.41. The molecule has 0 amide bonds. The van der Waals surface area contributed by atoms with Crippen molar-refractivity contribution in [3.05, 3.63) is 35.4 Å². The molecule has 0 fully saturated rings. The normalized spacial score (nSPS) is 11.7. The van der Waals surface area contributed by atoms with E-state index in [9.17, 15) is 17.2 Å². The lowest BCUT2D eigenvalue weighted by Gasteiger charge is -2.05. The minimum absolute atomic E-state index is 0.0257. The third-order valence-corrected chi connectivity index (χ3v) is 3.74. The maximum atomic E-state index is 13.2. The van der Waals surface area contributed by atoms with Gasteiger partial charge in [0.25, 0.3) is 0 Å². The minimum Gasteiger partial charge on any atom is -0.215 e. The largest absolute Gasteiger partial charge is 0.215 e. The maximum absolute atomic E-state index is 13.2. The molecule has 0 saturated carbocycles. The molecular weight excluding hydrogens is 248 g/mol. The lowest BCUT2D eigenvalue weighted by atomic mass is 10.1. The minimum atomic E-state index is -3.19. The monoisotopic (exact) mass is 263 g/mol. The van der Waals surface area contributed by atoms with E-state index in [-0.39, 0.29) is 12.3 Å². The Morgan fingerprint density at radius 2 is 2.00 bits per heavy atom. The summed E-state index contributed by atoms with van der Waals surface area (Å²) in [5.41, 5.74) is 0.391. The molecule has 0 radical (unpaired) electrons. The number of sulfonamides is 1. The summed E-state index contributed by atoms with van der Waals surface area (Å²) in [7, 11) is -3.19. The molecule has 1 N–H and O–H groups in total. The van der Waals surface area contributed by atoms with E-state index >= 15 is 0 Å². The molecule has 0 aliphatic heterocycles. The van der Waals surface area contributed by atoms with Gasteiger partial charge in [-0.25, -0.2) is 21.9 Å². The highest BCUT2D eigenvalue weighted by Crippen LogP contribution is 2.11. The molecule has 0 unspecified atom stereocenters. The van der Waals surface area contributed by atoms with Crippen LogP contribution in [0.2, 0.25) is 0 Å². The SMILES string of the molecule is CCS(=O)(=O)NCCCc1ccc(F)cc1F. The first-order valence-electron chi connectivity index (χ1n) is 5.36. The van der Waals surface area contributed by atoms with E-state index in [0.29, 0.717) is 18.4 Å². The van der Waals surface area contributed by atoms with Crippen LogP contribution in [0.1, 0.15) is 18.9 Å². The average Bonchev–Trinajstić information content (AvgIpc) is 2.27. The molecular formula is C11H15F2NO2S. The highest BCUT2D eigenvalue weighted by atomic mass is 32.2. The van der Waals surface area contributed by atoms with Gasteiger partial charge in [-0.3, -0.25) is 0 Å². The first-order chi connectivity index (χ1) is 7.94. The van der Waals surface area contributed by atoms with E-state index < -0.39 is 21.7 Å². The van der Waals surface area contributed by atoms with Crippen molar-refractivity contribution < 1.29 is 17.2 Å². The van der Waals surface area contributed by atoms with Crippen LogP contribution in [0, 0.1) is 11.6 Å². The van der Waals surface area contributed by atoms with Crippen LogP contribution in [-0.4, -0.2) is 20.7 Å².